The predicted octanol–water partition coefficient (Wildman–Crippen LogP) is 5.90. The number of rotatable bonds is 5. The molecule has 0 saturated heterocycles. The molecule has 0 bridgehead atoms. The van der Waals surface area contributed by atoms with Gasteiger partial charge in [0.25, 0.3) is 0 Å². The Balaban J connectivity index is 1.45. The number of nitrogens with one attached hydrogen (secondary N) is 1. The number of nitrogens with zero attached hydrogens (tertiary/aromatic N) is 2. The molecular weight excluding hydrogens is 534 g/mol. The topological polar surface area (TPSA) is 74.2 Å². The third-order valence-electron chi connectivity index (χ3n) is 7.31. The second-order valence-corrected chi connectivity index (χ2v) is 11.8. The minimum atomic E-state index is -4.84. The molecule has 1 heterocycles. The second-order valence-electron chi connectivity index (χ2n) is 9.71. The first-order chi connectivity index (χ1) is 18.6. The minimum absolute atomic E-state index is 0.176. The molecule has 1 aliphatic heterocycles. The number of benzene rings is 3. The molecule has 4 unspecified atom stereocenters. The van der Waals surface area contributed by atoms with E-state index in [1.807, 2.05) is 24.3 Å². The zero-order chi connectivity index (χ0) is 27.8. The summed E-state index contributed by atoms with van der Waals surface area (Å²) < 4.78 is 76.6. The second kappa shape index (κ2) is 10.8. The van der Waals surface area contributed by atoms with E-state index in [-0.39, 0.29) is 10.7 Å². The molecule has 0 amide bonds. The fraction of sp³-hybridized carbons (Fsp3) is 0.357. The Morgan fingerprint density at radius 2 is 1.69 bits per heavy atom. The molecule has 1 aliphatic carbocycles. The van der Waals surface area contributed by atoms with Gasteiger partial charge < -0.3 is 14.7 Å². The predicted molar refractivity (Wildman–Crippen MR) is 141 cm³/mol. The Morgan fingerprint density at radius 1 is 1.00 bits per heavy atom. The molecule has 1 saturated carbocycles. The van der Waals surface area contributed by atoms with Crippen molar-refractivity contribution in [1.82, 2.24) is 4.72 Å². The highest BCUT2D eigenvalue weighted by molar-refractivity contribution is 7.91. The maximum Gasteiger partial charge on any atom is 0.573 e. The van der Waals surface area contributed by atoms with Gasteiger partial charge in [-0.2, -0.15) is 0 Å². The van der Waals surface area contributed by atoms with Crippen molar-refractivity contribution in [3.63, 3.8) is 0 Å². The summed E-state index contributed by atoms with van der Waals surface area (Å²) in [4.78, 5) is 2.25. The van der Waals surface area contributed by atoms with E-state index in [1.165, 1.54) is 31.3 Å². The summed E-state index contributed by atoms with van der Waals surface area (Å²) in [7, 11) is -1.92. The fourth-order valence-corrected chi connectivity index (χ4v) is 7.15. The van der Waals surface area contributed by atoms with Crippen molar-refractivity contribution < 1.29 is 31.6 Å². The van der Waals surface area contributed by atoms with Gasteiger partial charge in [0.2, 0.25) is 0 Å². The van der Waals surface area contributed by atoms with E-state index < -0.39 is 40.2 Å². The molecule has 0 aromatic heterocycles. The van der Waals surface area contributed by atoms with E-state index in [0.29, 0.717) is 25.7 Å². The molecule has 1 fully saturated rings. The van der Waals surface area contributed by atoms with Crippen LogP contribution < -0.4 is 14.4 Å². The highest BCUT2D eigenvalue weighted by atomic mass is 32.2. The Hall–Kier alpha value is -3.15. The summed E-state index contributed by atoms with van der Waals surface area (Å²) in [5, 5.41) is 11.7. The Kier molecular flexibility index (Phi) is 7.58. The molecule has 6 nitrogen and oxygen atoms in total. The zero-order valence-electron chi connectivity index (χ0n) is 21.2. The number of aliphatic hydroxyl groups is 1. The Bertz CT molecular complexity index is 1460. The van der Waals surface area contributed by atoms with E-state index >= 15 is 0 Å². The molecular formula is C28H29F4N3O3S. The van der Waals surface area contributed by atoms with Crippen molar-refractivity contribution in [1.29, 1.82) is 0 Å². The maximum absolute atomic E-state index is 14.2. The minimum Gasteiger partial charge on any atom is -0.406 e. The highest BCUT2D eigenvalue weighted by Gasteiger charge is 2.40. The molecule has 39 heavy (non-hydrogen) atoms. The summed E-state index contributed by atoms with van der Waals surface area (Å²) in [6.07, 6.45) is -2.55. The molecule has 11 heteroatoms. The highest BCUT2D eigenvalue weighted by Crippen LogP contribution is 2.41. The van der Waals surface area contributed by atoms with Crippen LogP contribution in [0.15, 0.2) is 76.0 Å². The molecule has 2 aliphatic rings. The summed E-state index contributed by atoms with van der Waals surface area (Å²) in [6.45, 7) is 0. The fourth-order valence-electron chi connectivity index (χ4n) is 5.53. The van der Waals surface area contributed by atoms with Crippen molar-refractivity contribution in [2.75, 3.05) is 11.9 Å². The number of para-hydroxylation sites is 1. The summed E-state index contributed by atoms with van der Waals surface area (Å²) >= 11 is 0. The van der Waals surface area contributed by atoms with E-state index in [4.69, 9.17) is 0 Å². The van der Waals surface area contributed by atoms with Gasteiger partial charge in [0, 0.05) is 24.5 Å². The van der Waals surface area contributed by atoms with Crippen molar-refractivity contribution in [2.24, 2.45) is 4.36 Å². The smallest absolute Gasteiger partial charge is 0.406 e. The largest absolute Gasteiger partial charge is 0.573 e. The lowest BCUT2D eigenvalue weighted by Crippen LogP contribution is -2.55. The number of hydrogen-bond donors (Lipinski definition) is 2. The lowest BCUT2D eigenvalue weighted by atomic mass is 9.86. The van der Waals surface area contributed by atoms with Crippen LogP contribution in [0, 0.1) is 5.82 Å². The maximum atomic E-state index is 14.2. The number of aliphatic hydroxyl groups excluding tert-OH is 1. The van der Waals surface area contributed by atoms with Crippen LogP contribution in [0.2, 0.25) is 0 Å². The van der Waals surface area contributed by atoms with E-state index in [9.17, 15) is 26.9 Å². The molecule has 4 atom stereocenters. The summed E-state index contributed by atoms with van der Waals surface area (Å²) in [5.74, 6) is -0.754. The average molecular weight is 564 g/mol. The van der Waals surface area contributed by atoms with E-state index in [2.05, 4.69) is 18.7 Å². The SMILES string of the molecule is CN=S(=O)(NC1CCCC(N2c3ccccc3CCc3cc(F)ccc32)C1O)c1ccc(OC(F)(F)F)cc1. The molecule has 5 rings (SSSR count). The van der Waals surface area contributed by atoms with Gasteiger partial charge >= 0.3 is 6.36 Å². The first kappa shape index (κ1) is 27.4. The van der Waals surface area contributed by atoms with Crippen LogP contribution in [0.25, 0.3) is 0 Å². The molecule has 2 N–H and O–H groups in total. The van der Waals surface area contributed by atoms with Crippen LogP contribution in [-0.4, -0.2) is 40.9 Å². The number of fused-ring (bicyclic) bond motifs is 2. The average Bonchev–Trinajstić information content (AvgIpc) is 3.06. The van der Waals surface area contributed by atoms with Crippen LogP contribution >= 0.6 is 0 Å². The van der Waals surface area contributed by atoms with Gasteiger partial charge in [-0.3, -0.25) is 0 Å². The number of hydrogen-bond acceptors (Lipinski definition) is 5. The third kappa shape index (κ3) is 5.75. The van der Waals surface area contributed by atoms with Gasteiger partial charge in [0.05, 0.1) is 17.0 Å². The molecule has 3 aromatic rings. The number of alkyl halides is 3. The van der Waals surface area contributed by atoms with Gasteiger partial charge in [-0.05, 0) is 91.8 Å². The normalized spacial score (nSPS) is 22.7. The van der Waals surface area contributed by atoms with Crippen LogP contribution in [0.4, 0.5) is 28.9 Å². The van der Waals surface area contributed by atoms with Crippen LogP contribution in [0.3, 0.4) is 0 Å². The summed E-state index contributed by atoms with van der Waals surface area (Å²) in [5.41, 5.74) is 3.70. The van der Waals surface area contributed by atoms with Crippen molar-refractivity contribution in [3.05, 3.63) is 83.7 Å². The van der Waals surface area contributed by atoms with Gasteiger partial charge in [-0.15, -0.1) is 13.2 Å². The Morgan fingerprint density at radius 3 is 2.41 bits per heavy atom. The van der Waals surface area contributed by atoms with Crippen molar-refractivity contribution in [3.8, 4) is 5.75 Å². The van der Waals surface area contributed by atoms with Crippen LogP contribution in [-0.2, 0) is 22.8 Å². The van der Waals surface area contributed by atoms with Gasteiger partial charge in [0.15, 0.2) is 0 Å². The zero-order valence-corrected chi connectivity index (χ0v) is 22.0. The lowest BCUT2D eigenvalue weighted by Gasteiger charge is -2.43. The Labute approximate surface area is 224 Å². The first-order valence-corrected chi connectivity index (χ1v) is 14.2. The van der Waals surface area contributed by atoms with Crippen molar-refractivity contribution >= 4 is 21.3 Å². The van der Waals surface area contributed by atoms with Crippen LogP contribution in [0.5, 0.6) is 5.75 Å². The number of ether oxygens (including phenoxy) is 1. The quantitative estimate of drug-likeness (QED) is 0.379. The van der Waals surface area contributed by atoms with Gasteiger partial charge in [0.1, 0.15) is 21.5 Å². The van der Waals surface area contributed by atoms with Crippen LogP contribution in [0.1, 0.15) is 30.4 Å². The van der Waals surface area contributed by atoms with E-state index in [1.54, 1.807) is 6.07 Å². The lowest BCUT2D eigenvalue weighted by molar-refractivity contribution is -0.274. The monoisotopic (exact) mass is 563 g/mol. The standard InChI is InChI=1S/C28H29F4N3O3S/c1-33-39(37,22-14-12-21(13-15-22)38-28(30,31)32)34-23-6-4-8-26(27(23)36)35-24-7-3-2-5-18(24)9-10-19-17-20(29)11-16-25(19)35/h2-3,5,7,11-17,23,26-27,36H,4,6,8-10H2,1H3,(H,33,34,37). The van der Waals surface area contributed by atoms with Gasteiger partial charge in [-0.1, -0.05) is 18.2 Å². The van der Waals surface area contributed by atoms with Crippen molar-refractivity contribution in [2.45, 2.75) is 61.5 Å². The molecule has 0 spiro atoms. The van der Waals surface area contributed by atoms with Gasteiger partial charge in [-0.25, -0.2) is 17.7 Å². The molecule has 208 valence electrons. The molecule has 3 aromatic carbocycles. The number of aryl methyl sites for hydroxylation is 2. The third-order valence-corrected chi connectivity index (χ3v) is 9.36. The molecule has 0 radical (unpaired) electrons. The number of anilines is 2. The number of halogens is 4. The van der Waals surface area contributed by atoms with E-state index in [0.717, 1.165) is 41.1 Å². The summed E-state index contributed by atoms with van der Waals surface area (Å²) in [6, 6.07) is 16.3. The first-order valence-electron chi connectivity index (χ1n) is 12.7.